The summed E-state index contributed by atoms with van der Waals surface area (Å²) >= 11 is 5.85. The van der Waals surface area contributed by atoms with Gasteiger partial charge in [0.25, 0.3) is 12.3 Å². The molecular formula is C13H11ClF2N4O. The molecule has 21 heavy (non-hydrogen) atoms. The minimum Gasteiger partial charge on any atom is -0.272 e. The van der Waals surface area contributed by atoms with E-state index >= 15 is 0 Å². The molecule has 5 nitrogen and oxygen atoms in total. The molecule has 3 heterocycles. The van der Waals surface area contributed by atoms with Gasteiger partial charge in [-0.15, -0.1) is 0 Å². The van der Waals surface area contributed by atoms with E-state index in [0.717, 1.165) is 0 Å². The summed E-state index contributed by atoms with van der Waals surface area (Å²) in [7, 11) is 0. The van der Waals surface area contributed by atoms with E-state index in [1.54, 1.807) is 26.0 Å². The lowest BCUT2D eigenvalue weighted by molar-refractivity contribution is -0.125. The number of halogens is 3. The van der Waals surface area contributed by atoms with Crippen molar-refractivity contribution in [3.63, 3.8) is 0 Å². The molecule has 0 radical (unpaired) electrons. The van der Waals surface area contributed by atoms with Crippen LogP contribution in [0.5, 0.6) is 0 Å². The van der Waals surface area contributed by atoms with Gasteiger partial charge in [0.2, 0.25) is 0 Å². The summed E-state index contributed by atoms with van der Waals surface area (Å²) in [6, 6.07) is 3.16. The van der Waals surface area contributed by atoms with Crippen molar-refractivity contribution in [3.05, 3.63) is 34.6 Å². The molecule has 0 spiro atoms. The zero-order valence-electron chi connectivity index (χ0n) is 11.2. The predicted octanol–water partition coefficient (Wildman–Crippen LogP) is 2.79. The molecule has 3 rings (SSSR count). The van der Waals surface area contributed by atoms with Crippen molar-refractivity contribution in [1.82, 2.24) is 15.0 Å². The number of amides is 1. The third kappa shape index (κ3) is 1.99. The van der Waals surface area contributed by atoms with Gasteiger partial charge in [-0.2, -0.15) is 10.2 Å². The molecule has 0 unspecified atom stereocenters. The van der Waals surface area contributed by atoms with E-state index < -0.39 is 17.5 Å². The molecule has 0 saturated carbocycles. The number of aromatic nitrogens is 2. The molecular weight excluding hydrogens is 302 g/mol. The Labute approximate surface area is 123 Å². The van der Waals surface area contributed by atoms with Crippen LogP contribution < -0.4 is 5.43 Å². The molecule has 8 heteroatoms. The number of alkyl halides is 2. The van der Waals surface area contributed by atoms with E-state index in [-0.39, 0.29) is 17.2 Å². The molecule has 1 amide bonds. The largest absolute Gasteiger partial charge is 0.282 e. The molecule has 2 aromatic heterocycles. The summed E-state index contributed by atoms with van der Waals surface area (Å²) < 4.78 is 27.9. The van der Waals surface area contributed by atoms with Gasteiger partial charge in [0.1, 0.15) is 5.69 Å². The van der Waals surface area contributed by atoms with Crippen LogP contribution in [0, 0.1) is 5.41 Å². The maximum Gasteiger partial charge on any atom is 0.282 e. The Hall–Kier alpha value is -2.02. The molecule has 1 aliphatic rings. The number of nitrogens with zero attached hydrogens (tertiary/aromatic N) is 3. The Bertz CT molecular complexity index is 782. The van der Waals surface area contributed by atoms with E-state index in [0.29, 0.717) is 10.5 Å². The first kappa shape index (κ1) is 13.9. The van der Waals surface area contributed by atoms with Crippen LogP contribution in [-0.2, 0) is 4.79 Å². The molecule has 0 aromatic carbocycles. The zero-order chi connectivity index (χ0) is 15.4. The van der Waals surface area contributed by atoms with Crippen molar-refractivity contribution in [2.45, 2.75) is 20.3 Å². The Morgan fingerprint density at radius 3 is 2.67 bits per heavy atom. The normalized spacial score (nSPS) is 17.4. The average Bonchev–Trinajstić information content (AvgIpc) is 2.88. The topological polar surface area (TPSA) is 58.8 Å². The summed E-state index contributed by atoms with van der Waals surface area (Å²) in [5, 5.41) is 8.17. The van der Waals surface area contributed by atoms with Gasteiger partial charge in [0, 0.05) is 6.20 Å². The van der Waals surface area contributed by atoms with Crippen molar-refractivity contribution >= 4 is 28.7 Å². The van der Waals surface area contributed by atoms with Gasteiger partial charge in [-0.25, -0.2) is 18.7 Å². The predicted molar refractivity (Wildman–Crippen MR) is 73.6 cm³/mol. The number of carbonyl (C=O) groups excluding carboxylic acids is 1. The van der Waals surface area contributed by atoms with Gasteiger partial charge in [-0.05, 0) is 26.0 Å². The summed E-state index contributed by atoms with van der Waals surface area (Å²) in [6.45, 7) is 3.26. The number of hydrazone groups is 1. The number of pyridine rings is 1. The van der Waals surface area contributed by atoms with Crippen LogP contribution in [-0.4, -0.2) is 21.2 Å². The van der Waals surface area contributed by atoms with Crippen LogP contribution in [0.15, 0.2) is 23.4 Å². The molecule has 1 N–H and O–H groups in total. The lowest BCUT2D eigenvalue weighted by Crippen LogP contribution is -2.32. The highest BCUT2D eigenvalue weighted by Crippen LogP contribution is 2.34. The molecule has 2 aromatic rings. The van der Waals surface area contributed by atoms with Gasteiger partial charge < -0.3 is 0 Å². The highest BCUT2D eigenvalue weighted by atomic mass is 35.5. The van der Waals surface area contributed by atoms with Crippen molar-refractivity contribution in [2.75, 3.05) is 0 Å². The van der Waals surface area contributed by atoms with Crippen molar-refractivity contribution in [3.8, 4) is 0 Å². The third-order valence-electron chi connectivity index (χ3n) is 3.49. The van der Waals surface area contributed by atoms with E-state index in [4.69, 9.17) is 11.6 Å². The van der Waals surface area contributed by atoms with Gasteiger partial charge in [0.15, 0.2) is 0 Å². The van der Waals surface area contributed by atoms with Gasteiger partial charge >= 0.3 is 0 Å². The molecule has 0 saturated heterocycles. The first-order valence-electron chi connectivity index (χ1n) is 6.17. The number of fused-ring (bicyclic) bond motifs is 1. The number of hydrogen-bond acceptors (Lipinski definition) is 3. The fraction of sp³-hybridized carbons (Fsp3) is 0.308. The maximum absolute atomic E-state index is 13.3. The minimum atomic E-state index is -2.78. The first-order valence-corrected chi connectivity index (χ1v) is 6.55. The monoisotopic (exact) mass is 312 g/mol. The fourth-order valence-corrected chi connectivity index (χ4v) is 2.46. The smallest absolute Gasteiger partial charge is 0.272 e. The second kappa shape index (κ2) is 4.49. The summed E-state index contributed by atoms with van der Waals surface area (Å²) in [5.41, 5.74) is 1.76. The summed E-state index contributed by atoms with van der Waals surface area (Å²) in [4.78, 5) is 11.8. The highest BCUT2D eigenvalue weighted by Gasteiger charge is 2.42. The summed E-state index contributed by atoms with van der Waals surface area (Å²) in [6.07, 6.45) is -1.35. The van der Waals surface area contributed by atoms with Crippen LogP contribution in [0.2, 0.25) is 5.02 Å². The number of nitrogens with one attached hydrogen (secondary N) is 1. The first-order chi connectivity index (χ1) is 9.82. The van der Waals surface area contributed by atoms with Crippen molar-refractivity contribution < 1.29 is 13.6 Å². The molecule has 0 fully saturated rings. The Balaban J connectivity index is 2.31. The SMILES string of the molecule is CC1(C)C(=O)NN=C1c1c(C(F)F)nn2cc(Cl)ccc12. The second-order valence-corrected chi connectivity index (χ2v) is 5.70. The lowest BCUT2D eigenvalue weighted by Gasteiger charge is -2.16. The number of carbonyl (C=O) groups is 1. The maximum atomic E-state index is 13.3. The number of rotatable bonds is 2. The average molecular weight is 313 g/mol. The molecule has 0 aliphatic carbocycles. The Morgan fingerprint density at radius 1 is 1.38 bits per heavy atom. The van der Waals surface area contributed by atoms with Crippen LogP contribution in [0.25, 0.3) is 5.52 Å². The lowest BCUT2D eigenvalue weighted by atomic mass is 9.83. The van der Waals surface area contributed by atoms with Crippen LogP contribution in [0.4, 0.5) is 8.78 Å². The van der Waals surface area contributed by atoms with E-state index in [1.807, 2.05) is 0 Å². The highest BCUT2D eigenvalue weighted by molar-refractivity contribution is 6.30. The van der Waals surface area contributed by atoms with Crippen LogP contribution in [0.1, 0.15) is 31.5 Å². The van der Waals surface area contributed by atoms with Gasteiger partial charge in [-0.1, -0.05) is 11.6 Å². The van der Waals surface area contributed by atoms with Crippen LogP contribution in [0.3, 0.4) is 0 Å². The standard InChI is InChI=1S/C13H11ClF2N4O/c1-13(2)10(17-18-12(13)21)8-7-4-3-6(14)5-20(7)19-9(8)11(15)16/h3-5,11H,1-2H3,(H,18,21). The van der Waals surface area contributed by atoms with E-state index in [2.05, 4.69) is 15.6 Å². The Morgan fingerprint density at radius 2 is 2.10 bits per heavy atom. The molecule has 110 valence electrons. The molecule has 0 atom stereocenters. The quantitative estimate of drug-likeness (QED) is 0.927. The third-order valence-corrected chi connectivity index (χ3v) is 3.72. The minimum absolute atomic E-state index is 0.171. The van der Waals surface area contributed by atoms with Gasteiger partial charge in [-0.3, -0.25) is 4.79 Å². The molecule has 0 bridgehead atoms. The van der Waals surface area contributed by atoms with Crippen molar-refractivity contribution in [2.24, 2.45) is 10.5 Å². The molecule has 1 aliphatic heterocycles. The van der Waals surface area contributed by atoms with Crippen molar-refractivity contribution in [1.29, 1.82) is 0 Å². The summed E-state index contributed by atoms with van der Waals surface area (Å²) in [5.74, 6) is -0.342. The van der Waals surface area contributed by atoms with E-state index in [9.17, 15) is 13.6 Å². The fourth-order valence-electron chi connectivity index (χ4n) is 2.30. The zero-order valence-corrected chi connectivity index (χ0v) is 11.9. The number of hydrogen-bond donors (Lipinski definition) is 1. The Kier molecular flexibility index (Phi) is 2.98. The second-order valence-electron chi connectivity index (χ2n) is 5.26. The van der Waals surface area contributed by atoms with E-state index in [1.165, 1.54) is 10.7 Å². The van der Waals surface area contributed by atoms with Gasteiger partial charge in [0.05, 0.1) is 27.2 Å². The van der Waals surface area contributed by atoms with Crippen LogP contribution >= 0.6 is 11.6 Å².